The number of aromatic hydroxyl groups is 1. The van der Waals surface area contributed by atoms with Crippen LogP contribution in [-0.4, -0.2) is 71.1 Å². The van der Waals surface area contributed by atoms with E-state index in [9.17, 15) is 9.90 Å². The van der Waals surface area contributed by atoms with Crippen molar-refractivity contribution >= 4 is 23.2 Å². The summed E-state index contributed by atoms with van der Waals surface area (Å²) in [5.41, 5.74) is 1.31. The van der Waals surface area contributed by atoms with E-state index in [1.165, 1.54) is 11.8 Å². The van der Waals surface area contributed by atoms with Gasteiger partial charge in [0, 0.05) is 62.2 Å². The summed E-state index contributed by atoms with van der Waals surface area (Å²) in [7, 11) is 0. The van der Waals surface area contributed by atoms with Gasteiger partial charge in [0.05, 0.1) is 0 Å². The minimum Gasteiger partial charge on any atom is -0.505 e. The van der Waals surface area contributed by atoms with Crippen LogP contribution in [0.25, 0.3) is 0 Å². The van der Waals surface area contributed by atoms with E-state index in [1.807, 2.05) is 23.1 Å². The average molecular weight is 401 g/mol. The monoisotopic (exact) mass is 400 g/mol. The number of hydrogen-bond donors (Lipinski definition) is 1. The molecule has 1 aromatic carbocycles. The van der Waals surface area contributed by atoms with E-state index in [0.717, 1.165) is 44.0 Å². The van der Waals surface area contributed by atoms with Crippen LogP contribution in [0.2, 0.25) is 5.02 Å². The molecule has 28 heavy (non-hydrogen) atoms. The first kappa shape index (κ1) is 19.0. The predicted molar refractivity (Wildman–Crippen MR) is 110 cm³/mol. The molecule has 0 bridgehead atoms. The maximum Gasteiger partial charge on any atom is 0.276 e. The van der Waals surface area contributed by atoms with E-state index in [1.54, 1.807) is 12.3 Å². The van der Waals surface area contributed by atoms with Gasteiger partial charge in [-0.25, -0.2) is 4.98 Å². The first-order chi connectivity index (χ1) is 13.6. The summed E-state index contributed by atoms with van der Waals surface area (Å²) < 4.78 is 0. The van der Waals surface area contributed by atoms with E-state index >= 15 is 0 Å². The number of rotatable bonds is 3. The van der Waals surface area contributed by atoms with Crippen molar-refractivity contribution in [1.82, 2.24) is 14.8 Å². The molecule has 0 aliphatic carbocycles. The number of hydrogen-bond acceptors (Lipinski definition) is 5. The molecular weight excluding hydrogens is 376 g/mol. The Labute approximate surface area is 170 Å². The SMILES string of the molecule is O=C(c1ncccc1O)N1CCC[C@H](N2CCN(c3cccc(Cl)c3)CC2)C1. The van der Waals surface area contributed by atoms with Crippen LogP contribution in [0.1, 0.15) is 23.3 Å². The number of likely N-dealkylation sites (tertiary alicyclic amines) is 1. The normalized spacial score (nSPS) is 21.0. The fraction of sp³-hybridized carbons (Fsp3) is 0.429. The predicted octanol–water partition coefficient (Wildman–Crippen LogP) is 2.87. The summed E-state index contributed by atoms with van der Waals surface area (Å²) in [6, 6.07) is 11.5. The van der Waals surface area contributed by atoms with Crippen molar-refractivity contribution in [3.05, 3.63) is 53.3 Å². The number of halogens is 1. The first-order valence-electron chi connectivity index (χ1n) is 9.79. The second kappa shape index (κ2) is 8.37. The highest BCUT2D eigenvalue weighted by atomic mass is 35.5. The third-order valence-corrected chi connectivity index (χ3v) is 5.91. The summed E-state index contributed by atoms with van der Waals surface area (Å²) in [5, 5.41) is 10.7. The van der Waals surface area contributed by atoms with Crippen molar-refractivity contribution in [1.29, 1.82) is 0 Å². The molecule has 4 rings (SSSR count). The van der Waals surface area contributed by atoms with Crippen LogP contribution >= 0.6 is 11.6 Å². The van der Waals surface area contributed by atoms with Crippen molar-refractivity contribution < 1.29 is 9.90 Å². The molecule has 2 fully saturated rings. The first-order valence-corrected chi connectivity index (χ1v) is 10.2. The molecule has 1 amide bonds. The van der Waals surface area contributed by atoms with Gasteiger partial charge in [-0.2, -0.15) is 0 Å². The van der Waals surface area contributed by atoms with Gasteiger partial charge in [-0.05, 0) is 43.2 Å². The molecule has 1 N–H and O–H groups in total. The van der Waals surface area contributed by atoms with Crippen LogP contribution in [0, 0.1) is 0 Å². The van der Waals surface area contributed by atoms with Crippen LogP contribution in [0.15, 0.2) is 42.6 Å². The highest BCUT2D eigenvalue weighted by Crippen LogP contribution is 2.24. The molecule has 0 saturated carbocycles. The summed E-state index contributed by atoms with van der Waals surface area (Å²) in [6.07, 6.45) is 3.61. The zero-order chi connectivity index (χ0) is 19.5. The molecule has 0 spiro atoms. The smallest absolute Gasteiger partial charge is 0.276 e. The van der Waals surface area contributed by atoms with Crippen LogP contribution < -0.4 is 4.90 Å². The number of anilines is 1. The molecule has 2 saturated heterocycles. The molecule has 6 nitrogen and oxygen atoms in total. The van der Waals surface area contributed by atoms with E-state index in [4.69, 9.17) is 11.6 Å². The molecule has 2 aliphatic rings. The summed E-state index contributed by atoms with van der Waals surface area (Å²) in [6.45, 7) is 5.24. The Balaban J connectivity index is 1.37. The van der Waals surface area contributed by atoms with Gasteiger partial charge >= 0.3 is 0 Å². The summed E-state index contributed by atoms with van der Waals surface area (Å²) in [5.74, 6) is -0.231. The summed E-state index contributed by atoms with van der Waals surface area (Å²) >= 11 is 6.12. The van der Waals surface area contributed by atoms with E-state index in [0.29, 0.717) is 19.1 Å². The fourth-order valence-electron chi connectivity index (χ4n) is 4.17. The van der Waals surface area contributed by atoms with Crippen LogP contribution in [0.4, 0.5) is 5.69 Å². The lowest BCUT2D eigenvalue weighted by atomic mass is 10.0. The zero-order valence-electron chi connectivity index (χ0n) is 15.8. The number of carbonyl (C=O) groups excluding carboxylic acids is 1. The van der Waals surface area contributed by atoms with Gasteiger partial charge in [0.15, 0.2) is 5.69 Å². The Morgan fingerprint density at radius 1 is 1.11 bits per heavy atom. The van der Waals surface area contributed by atoms with Gasteiger partial charge in [-0.3, -0.25) is 9.69 Å². The lowest BCUT2D eigenvalue weighted by molar-refractivity contribution is 0.0555. The molecule has 7 heteroatoms. The largest absolute Gasteiger partial charge is 0.505 e. The molecule has 1 aromatic heterocycles. The Morgan fingerprint density at radius 2 is 1.93 bits per heavy atom. The van der Waals surface area contributed by atoms with Crippen LogP contribution in [0.5, 0.6) is 5.75 Å². The number of nitrogens with zero attached hydrogens (tertiary/aromatic N) is 4. The zero-order valence-corrected chi connectivity index (χ0v) is 16.6. The minimum atomic E-state index is -0.180. The average Bonchev–Trinajstić information content (AvgIpc) is 2.74. The number of piperidine rings is 1. The van der Waals surface area contributed by atoms with Crippen LogP contribution in [-0.2, 0) is 0 Å². The lowest BCUT2D eigenvalue weighted by Gasteiger charge is -2.43. The number of aromatic nitrogens is 1. The minimum absolute atomic E-state index is 0.0511. The quantitative estimate of drug-likeness (QED) is 0.858. The second-order valence-corrected chi connectivity index (χ2v) is 7.86. The molecule has 0 unspecified atom stereocenters. The Bertz CT molecular complexity index is 839. The van der Waals surface area contributed by atoms with Gasteiger partial charge in [-0.1, -0.05) is 17.7 Å². The van der Waals surface area contributed by atoms with Gasteiger partial charge < -0.3 is 14.9 Å². The number of piperazine rings is 1. The maximum absolute atomic E-state index is 12.8. The van der Waals surface area contributed by atoms with Gasteiger partial charge in [0.1, 0.15) is 5.75 Å². The second-order valence-electron chi connectivity index (χ2n) is 7.42. The molecule has 2 aliphatic heterocycles. The summed E-state index contributed by atoms with van der Waals surface area (Å²) in [4.78, 5) is 23.5. The van der Waals surface area contributed by atoms with E-state index < -0.39 is 0 Å². The maximum atomic E-state index is 12.8. The number of amides is 1. The molecular formula is C21H25ClN4O2. The molecule has 3 heterocycles. The highest BCUT2D eigenvalue weighted by Gasteiger charge is 2.31. The van der Waals surface area contributed by atoms with E-state index in [2.05, 4.69) is 20.9 Å². The third kappa shape index (κ3) is 4.08. The van der Waals surface area contributed by atoms with Crippen molar-refractivity contribution in [2.45, 2.75) is 18.9 Å². The van der Waals surface area contributed by atoms with Gasteiger partial charge in [-0.15, -0.1) is 0 Å². The number of pyridine rings is 1. The van der Waals surface area contributed by atoms with Crippen LogP contribution in [0.3, 0.4) is 0 Å². The lowest BCUT2D eigenvalue weighted by Crippen LogP contribution is -2.56. The molecule has 2 aromatic rings. The highest BCUT2D eigenvalue weighted by molar-refractivity contribution is 6.30. The third-order valence-electron chi connectivity index (χ3n) is 5.68. The topological polar surface area (TPSA) is 59.9 Å². The van der Waals surface area contributed by atoms with Gasteiger partial charge in [0.2, 0.25) is 0 Å². The Morgan fingerprint density at radius 3 is 2.68 bits per heavy atom. The van der Waals surface area contributed by atoms with Crippen molar-refractivity contribution in [3.8, 4) is 5.75 Å². The van der Waals surface area contributed by atoms with Crippen molar-refractivity contribution in [3.63, 3.8) is 0 Å². The molecule has 148 valence electrons. The Hall–Kier alpha value is -2.31. The van der Waals surface area contributed by atoms with Gasteiger partial charge in [0.25, 0.3) is 5.91 Å². The number of carbonyl (C=O) groups is 1. The number of benzene rings is 1. The standard InChI is InChI=1S/C21H25ClN4O2/c22-16-4-1-5-17(14-16)24-10-12-25(13-11-24)18-6-3-9-26(15-18)21(28)20-19(27)7-2-8-23-20/h1-2,4-5,7-8,14,18,27H,3,6,9-13,15H2/t18-/m0/s1. The van der Waals surface area contributed by atoms with E-state index in [-0.39, 0.29) is 17.4 Å². The molecule has 0 radical (unpaired) electrons. The fourth-order valence-corrected chi connectivity index (χ4v) is 4.35. The van der Waals surface area contributed by atoms with Crippen molar-refractivity contribution in [2.24, 2.45) is 0 Å². The molecule has 1 atom stereocenters. The Kier molecular flexibility index (Phi) is 5.69. The van der Waals surface area contributed by atoms with Crippen molar-refractivity contribution in [2.75, 3.05) is 44.2 Å².